The topological polar surface area (TPSA) is 37.3 Å². The van der Waals surface area contributed by atoms with Gasteiger partial charge >= 0.3 is 12.1 Å². The minimum Gasteiger partial charge on any atom is -0.478 e. The molecule has 3 rings (SSSR count). The second-order valence-corrected chi connectivity index (χ2v) is 8.71. The van der Waals surface area contributed by atoms with E-state index in [1.807, 2.05) is 0 Å². The van der Waals surface area contributed by atoms with E-state index in [-0.39, 0.29) is 32.6 Å². The summed E-state index contributed by atoms with van der Waals surface area (Å²) in [6.07, 6.45) is -4.94. The molecule has 2 nitrogen and oxygen atoms in total. The van der Waals surface area contributed by atoms with Crippen molar-refractivity contribution in [3.63, 3.8) is 0 Å². The van der Waals surface area contributed by atoms with Crippen LogP contribution in [0, 0.1) is 6.92 Å². The Morgan fingerprint density at radius 1 is 1.14 bits per heavy atom. The Labute approximate surface area is 178 Å². The van der Waals surface area contributed by atoms with Crippen LogP contribution in [0.4, 0.5) is 13.2 Å². The fraction of sp³-hybridized carbons (Fsp3) is 0.211. The van der Waals surface area contributed by atoms with Crippen molar-refractivity contribution in [2.75, 3.05) is 0 Å². The lowest BCUT2D eigenvalue weighted by Gasteiger charge is -2.32. The number of carboxylic acid groups (broad SMARTS) is 1. The van der Waals surface area contributed by atoms with Crippen molar-refractivity contribution in [2.24, 2.45) is 0 Å². The Kier molecular flexibility index (Phi) is 5.71. The molecule has 1 atom stereocenters. The molecular weight excluding hydrogens is 456 g/mol. The molecule has 28 heavy (non-hydrogen) atoms. The molecule has 2 aromatic carbocycles. The van der Waals surface area contributed by atoms with Crippen LogP contribution in [0.5, 0.6) is 0 Å². The number of alkyl halides is 3. The van der Waals surface area contributed by atoms with Crippen LogP contribution >= 0.6 is 46.6 Å². The van der Waals surface area contributed by atoms with Gasteiger partial charge in [0.2, 0.25) is 0 Å². The van der Waals surface area contributed by atoms with Gasteiger partial charge in [0.05, 0.1) is 20.6 Å². The second-order valence-electron chi connectivity index (χ2n) is 6.35. The monoisotopic (exact) mass is 466 g/mol. The molecule has 1 unspecified atom stereocenters. The highest BCUT2D eigenvalue weighted by atomic mass is 35.5. The number of allylic oxidation sites excluding steroid dienone is 1. The molecule has 0 aliphatic carbocycles. The summed E-state index contributed by atoms with van der Waals surface area (Å²) in [5.41, 5.74) is 1.47. The SMILES string of the molecule is Cc1cc(C2=CSC(c3cc(Cl)c(Cl)c(Cl)c3)(C(F)(F)F)C2)ccc1C(=O)O. The van der Waals surface area contributed by atoms with Crippen LogP contribution in [-0.4, -0.2) is 17.3 Å². The van der Waals surface area contributed by atoms with Gasteiger partial charge in [-0.15, -0.1) is 11.8 Å². The smallest absolute Gasteiger partial charge is 0.407 e. The third kappa shape index (κ3) is 3.63. The summed E-state index contributed by atoms with van der Waals surface area (Å²) in [5, 5.41) is 10.5. The van der Waals surface area contributed by atoms with Crippen molar-refractivity contribution in [2.45, 2.75) is 24.3 Å². The van der Waals surface area contributed by atoms with Crippen molar-refractivity contribution >= 4 is 58.1 Å². The first-order valence-corrected chi connectivity index (χ1v) is 9.90. The maximum absolute atomic E-state index is 14.2. The normalized spacial score (nSPS) is 19.6. The zero-order valence-corrected chi connectivity index (χ0v) is 17.3. The first-order valence-electron chi connectivity index (χ1n) is 7.89. The first kappa shape index (κ1) is 21.4. The summed E-state index contributed by atoms with van der Waals surface area (Å²) in [5.74, 6) is -1.09. The average molecular weight is 468 g/mol. The van der Waals surface area contributed by atoms with Crippen LogP contribution < -0.4 is 0 Å². The molecule has 9 heteroatoms. The molecule has 1 heterocycles. The molecule has 0 spiro atoms. The molecule has 1 aliphatic heterocycles. The van der Waals surface area contributed by atoms with Crippen LogP contribution in [0.25, 0.3) is 5.57 Å². The molecular formula is C19H12Cl3F3O2S. The van der Waals surface area contributed by atoms with E-state index in [0.29, 0.717) is 28.5 Å². The Bertz CT molecular complexity index is 981. The van der Waals surface area contributed by atoms with Crippen LogP contribution in [0.3, 0.4) is 0 Å². The summed E-state index contributed by atoms with van der Waals surface area (Å²) in [6.45, 7) is 1.60. The number of carboxylic acids is 1. The number of hydrogen-bond acceptors (Lipinski definition) is 2. The van der Waals surface area contributed by atoms with Gasteiger partial charge in [0.1, 0.15) is 4.75 Å². The minimum absolute atomic E-state index is 0.000437. The summed E-state index contributed by atoms with van der Waals surface area (Å²) < 4.78 is 40.2. The van der Waals surface area contributed by atoms with Gasteiger partial charge in [0, 0.05) is 6.42 Å². The number of aryl methyl sites for hydroxylation is 1. The van der Waals surface area contributed by atoms with Gasteiger partial charge in [-0.2, -0.15) is 13.2 Å². The predicted octanol–water partition coefficient (Wildman–Crippen LogP) is 7.59. The minimum atomic E-state index is -4.59. The maximum Gasteiger partial charge on any atom is 0.407 e. The lowest BCUT2D eigenvalue weighted by atomic mass is 9.88. The molecule has 0 aromatic heterocycles. The van der Waals surface area contributed by atoms with E-state index in [1.165, 1.54) is 29.7 Å². The van der Waals surface area contributed by atoms with Crippen molar-refractivity contribution in [3.05, 3.63) is 73.1 Å². The number of hydrogen-bond donors (Lipinski definition) is 1. The standard InChI is InChI=1S/C19H12Cl3F3O2S/c1-9-4-10(2-3-13(9)17(26)27)11-7-18(28-8-11,19(23,24)25)12-5-14(20)16(22)15(21)6-12/h2-6,8H,7H2,1H3,(H,26,27). The lowest BCUT2D eigenvalue weighted by Crippen LogP contribution is -2.37. The third-order valence-electron chi connectivity index (χ3n) is 4.58. The Balaban J connectivity index is 2.04. The fourth-order valence-corrected chi connectivity index (χ4v) is 4.87. The van der Waals surface area contributed by atoms with E-state index in [0.717, 1.165) is 0 Å². The van der Waals surface area contributed by atoms with Crippen LogP contribution in [0.1, 0.15) is 33.5 Å². The summed E-state index contributed by atoms with van der Waals surface area (Å²) >= 11 is 18.4. The lowest BCUT2D eigenvalue weighted by molar-refractivity contribution is -0.160. The number of benzene rings is 2. The summed E-state index contributed by atoms with van der Waals surface area (Å²) in [6, 6.07) is 6.85. The van der Waals surface area contributed by atoms with E-state index >= 15 is 0 Å². The number of rotatable bonds is 3. The van der Waals surface area contributed by atoms with Gasteiger partial charge in [0.25, 0.3) is 0 Å². The van der Waals surface area contributed by atoms with E-state index in [9.17, 15) is 18.0 Å². The summed E-state index contributed by atoms with van der Waals surface area (Å²) in [7, 11) is 0. The van der Waals surface area contributed by atoms with E-state index < -0.39 is 16.9 Å². The average Bonchev–Trinajstić information content (AvgIpc) is 3.05. The molecule has 0 fully saturated rings. The van der Waals surface area contributed by atoms with Gasteiger partial charge in [-0.25, -0.2) is 4.79 Å². The Morgan fingerprint density at radius 2 is 1.75 bits per heavy atom. The number of halogens is 6. The van der Waals surface area contributed by atoms with Crippen molar-refractivity contribution < 1.29 is 23.1 Å². The van der Waals surface area contributed by atoms with Gasteiger partial charge in [-0.05, 0) is 52.8 Å². The molecule has 0 saturated heterocycles. The van der Waals surface area contributed by atoms with Crippen LogP contribution in [-0.2, 0) is 4.75 Å². The Morgan fingerprint density at radius 3 is 2.25 bits per heavy atom. The molecule has 0 bridgehead atoms. The van der Waals surface area contributed by atoms with Crippen molar-refractivity contribution in [1.82, 2.24) is 0 Å². The molecule has 0 saturated carbocycles. The number of aromatic carboxylic acids is 1. The highest BCUT2D eigenvalue weighted by Crippen LogP contribution is 2.60. The van der Waals surface area contributed by atoms with Crippen molar-refractivity contribution in [3.8, 4) is 0 Å². The van der Waals surface area contributed by atoms with Gasteiger partial charge < -0.3 is 5.11 Å². The molecule has 2 aromatic rings. The fourth-order valence-electron chi connectivity index (χ4n) is 3.09. The highest BCUT2D eigenvalue weighted by Gasteiger charge is 2.58. The first-order chi connectivity index (χ1) is 13.0. The maximum atomic E-state index is 14.2. The highest BCUT2D eigenvalue weighted by molar-refractivity contribution is 8.03. The molecule has 1 aliphatic rings. The van der Waals surface area contributed by atoms with E-state index in [4.69, 9.17) is 39.9 Å². The summed E-state index contributed by atoms with van der Waals surface area (Å²) in [4.78, 5) is 11.2. The number of thioether (sulfide) groups is 1. The second kappa shape index (κ2) is 7.48. The van der Waals surface area contributed by atoms with Gasteiger partial charge in [-0.1, -0.05) is 46.9 Å². The van der Waals surface area contributed by atoms with E-state index in [1.54, 1.807) is 13.0 Å². The Hall–Kier alpha value is -1.34. The predicted molar refractivity (Wildman–Crippen MR) is 108 cm³/mol. The molecule has 0 amide bonds. The largest absolute Gasteiger partial charge is 0.478 e. The quantitative estimate of drug-likeness (QED) is 0.473. The van der Waals surface area contributed by atoms with Crippen molar-refractivity contribution in [1.29, 1.82) is 0 Å². The zero-order valence-electron chi connectivity index (χ0n) is 14.2. The zero-order chi connectivity index (χ0) is 20.9. The molecule has 148 valence electrons. The van der Waals surface area contributed by atoms with Gasteiger partial charge in [0.15, 0.2) is 0 Å². The molecule has 1 N–H and O–H groups in total. The van der Waals surface area contributed by atoms with E-state index in [2.05, 4.69) is 0 Å². The van der Waals surface area contributed by atoms with Crippen LogP contribution in [0.15, 0.2) is 35.7 Å². The van der Waals surface area contributed by atoms with Crippen LogP contribution in [0.2, 0.25) is 15.1 Å². The molecule has 0 radical (unpaired) electrons. The van der Waals surface area contributed by atoms with Gasteiger partial charge in [-0.3, -0.25) is 0 Å². The third-order valence-corrected chi connectivity index (χ3v) is 7.19. The number of carbonyl (C=O) groups is 1.